The van der Waals surface area contributed by atoms with Crippen LogP contribution in [-0.2, 0) is 25.5 Å². The molecule has 0 bridgehead atoms. The largest absolute Gasteiger partial charge is 0.469 e. The molecule has 0 saturated carbocycles. The first-order chi connectivity index (χ1) is 12.5. The predicted molar refractivity (Wildman–Crippen MR) is 106 cm³/mol. The number of hydrogen-bond donors (Lipinski definition) is 2. The van der Waals surface area contributed by atoms with Crippen molar-refractivity contribution in [2.24, 2.45) is 5.73 Å². The Bertz CT molecular complexity index is 791. The van der Waals surface area contributed by atoms with Gasteiger partial charge in [-0.2, -0.15) is 0 Å². The van der Waals surface area contributed by atoms with Crippen molar-refractivity contribution in [3.8, 4) is 11.3 Å². The molecule has 1 saturated heterocycles. The zero-order chi connectivity index (χ0) is 18.6. The van der Waals surface area contributed by atoms with Crippen LogP contribution in [0.25, 0.3) is 11.3 Å². The van der Waals surface area contributed by atoms with E-state index >= 15 is 0 Å². The molecule has 1 amide bonds. The van der Waals surface area contributed by atoms with E-state index < -0.39 is 5.54 Å². The number of thiazole rings is 1. The average molecular weight is 412 g/mol. The van der Waals surface area contributed by atoms with Crippen molar-refractivity contribution in [1.82, 2.24) is 4.98 Å². The first kappa shape index (κ1) is 21.3. The summed E-state index contributed by atoms with van der Waals surface area (Å²) < 4.78 is 10.0. The summed E-state index contributed by atoms with van der Waals surface area (Å²) in [6, 6.07) is 9.51. The van der Waals surface area contributed by atoms with Crippen molar-refractivity contribution in [1.29, 1.82) is 0 Å². The molecule has 7 nitrogen and oxygen atoms in total. The lowest BCUT2D eigenvalue weighted by Crippen LogP contribution is -2.54. The van der Waals surface area contributed by atoms with Crippen LogP contribution in [0.4, 0.5) is 5.13 Å². The first-order valence-corrected chi connectivity index (χ1v) is 9.13. The standard InChI is InChI=1S/C18H21N3O4S.ClH/c1-24-14(22)11-13-15(12-5-3-2-4-6-12)20-17(26-13)21-16(23)18(19)7-9-25-10-8-18;/h2-6H,7-11,19H2,1H3,(H,20,21,23);1H. The SMILES string of the molecule is COC(=O)Cc1sc(NC(=O)C2(N)CCOCC2)nc1-c1ccccc1.Cl. The van der Waals surface area contributed by atoms with E-state index in [9.17, 15) is 9.59 Å². The number of benzene rings is 1. The highest BCUT2D eigenvalue weighted by Crippen LogP contribution is 2.32. The highest BCUT2D eigenvalue weighted by molar-refractivity contribution is 7.16. The summed E-state index contributed by atoms with van der Waals surface area (Å²) in [6.45, 7) is 0.926. The molecule has 146 valence electrons. The summed E-state index contributed by atoms with van der Waals surface area (Å²) in [4.78, 5) is 29.6. The Morgan fingerprint density at radius 3 is 2.59 bits per heavy atom. The lowest BCUT2D eigenvalue weighted by atomic mass is 9.90. The minimum absolute atomic E-state index is 0. The number of esters is 1. The number of amides is 1. The normalized spacial score (nSPS) is 15.5. The molecule has 2 aromatic rings. The molecular formula is C18H22ClN3O4S. The molecule has 9 heteroatoms. The van der Waals surface area contributed by atoms with Crippen molar-refractivity contribution in [3.63, 3.8) is 0 Å². The minimum Gasteiger partial charge on any atom is -0.469 e. The smallest absolute Gasteiger partial charge is 0.310 e. The lowest BCUT2D eigenvalue weighted by Gasteiger charge is -2.31. The van der Waals surface area contributed by atoms with Crippen LogP contribution in [0.5, 0.6) is 0 Å². The Morgan fingerprint density at radius 2 is 1.96 bits per heavy atom. The quantitative estimate of drug-likeness (QED) is 0.732. The van der Waals surface area contributed by atoms with Gasteiger partial charge in [0.2, 0.25) is 5.91 Å². The summed E-state index contributed by atoms with van der Waals surface area (Å²) in [7, 11) is 1.34. The lowest BCUT2D eigenvalue weighted by molar-refractivity contribution is -0.139. The fraction of sp³-hybridized carbons (Fsp3) is 0.389. The van der Waals surface area contributed by atoms with Gasteiger partial charge in [0.25, 0.3) is 0 Å². The molecule has 0 unspecified atom stereocenters. The molecule has 0 aliphatic carbocycles. The van der Waals surface area contributed by atoms with Gasteiger partial charge in [-0.3, -0.25) is 9.59 Å². The zero-order valence-corrected chi connectivity index (χ0v) is 16.5. The molecule has 1 aromatic heterocycles. The van der Waals surface area contributed by atoms with E-state index in [2.05, 4.69) is 10.3 Å². The van der Waals surface area contributed by atoms with E-state index in [1.54, 1.807) is 0 Å². The van der Waals surface area contributed by atoms with E-state index in [1.807, 2.05) is 30.3 Å². The number of anilines is 1. The van der Waals surface area contributed by atoms with Crippen LogP contribution in [0.2, 0.25) is 0 Å². The molecule has 1 aliphatic heterocycles. The van der Waals surface area contributed by atoms with Gasteiger partial charge in [0.1, 0.15) is 5.54 Å². The summed E-state index contributed by atoms with van der Waals surface area (Å²) in [5, 5.41) is 3.23. The Balaban J connectivity index is 0.00000261. The van der Waals surface area contributed by atoms with Crippen LogP contribution in [-0.4, -0.2) is 42.7 Å². The summed E-state index contributed by atoms with van der Waals surface area (Å²) in [6.07, 6.45) is 1.02. The van der Waals surface area contributed by atoms with Gasteiger partial charge in [0.05, 0.1) is 19.2 Å². The number of nitrogens with zero attached hydrogens (tertiary/aromatic N) is 1. The Morgan fingerprint density at radius 1 is 1.30 bits per heavy atom. The van der Waals surface area contributed by atoms with Crippen LogP contribution >= 0.6 is 23.7 Å². The molecule has 3 N–H and O–H groups in total. The highest BCUT2D eigenvalue weighted by Gasteiger charge is 2.36. The first-order valence-electron chi connectivity index (χ1n) is 8.32. The molecule has 0 atom stereocenters. The van der Waals surface area contributed by atoms with E-state index in [0.717, 1.165) is 10.4 Å². The third-order valence-electron chi connectivity index (χ3n) is 4.33. The minimum atomic E-state index is -0.959. The van der Waals surface area contributed by atoms with Crippen LogP contribution in [0.15, 0.2) is 30.3 Å². The average Bonchev–Trinajstić information content (AvgIpc) is 3.05. The van der Waals surface area contributed by atoms with Crippen molar-refractivity contribution >= 4 is 40.8 Å². The van der Waals surface area contributed by atoms with Gasteiger partial charge in [-0.15, -0.1) is 23.7 Å². The number of carbonyl (C=O) groups excluding carboxylic acids is 2. The van der Waals surface area contributed by atoms with Crippen molar-refractivity contribution in [3.05, 3.63) is 35.2 Å². The third-order valence-corrected chi connectivity index (χ3v) is 5.31. The molecule has 27 heavy (non-hydrogen) atoms. The van der Waals surface area contributed by atoms with Crippen LogP contribution in [0, 0.1) is 0 Å². The van der Waals surface area contributed by atoms with Gasteiger partial charge in [0, 0.05) is 23.7 Å². The number of rotatable bonds is 5. The van der Waals surface area contributed by atoms with Crippen molar-refractivity contribution < 1.29 is 19.1 Å². The summed E-state index contributed by atoms with van der Waals surface area (Å²) in [5.74, 6) is -0.637. The number of hydrogen-bond acceptors (Lipinski definition) is 7. The number of ether oxygens (including phenoxy) is 2. The fourth-order valence-corrected chi connectivity index (χ4v) is 3.70. The second kappa shape index (κ2) is 9.27. The Labute approximate surface area is 167 Å². The number of aromatic nitrogens is 1. The van der Waals surface area contributed by atoms with Gasteiger partial charge in [0.15, 0.2) is 5.13 Å². The molecule has 1 fully saturated rings. The summed E-state index contributed by atoms with van der Waals surface area (Å²) >= 11 is 1.26. The number of halogens is 1. The molecule has 3 rings (SSSR count). The van der Waals surface area contributed by atoms with Gasteiger partial charge >= 0.3 is 5.97 Å². The second-order valence-electron chi connectivity index (χ2n) is 6.13. The van der Waals surface area contributed by atoms with Gasteiger partial charge < -0.3 is 20.5 Å². The second-order valence-corrected chi connectivity index (χ2v) is 7.22. The topological polar surface area (TPSA) is 104 Å². The maximum absolute atomic E-state index is 12.6. The molecular weight excluding hydrogens is 390 g/mol. The molecule has 2 heterocycles. The molecule has 0 radical (unpaired) electrons. The van der Waals surface area contributed by atoms with Crippen molar-refractivity contribution in [2.75, 3.05) is 25.6 Å². The van der Waals surface area contributed by atoms with Gasteiger partial charge in [-0.1, -0.05) is 30.3 Å². The Kier molecular flexibility index (Phi) is 7.32. The van der Waals surface area contributed by atoms with Crippen LogP contribution in [0.3, 0.4) is 0 Å². The zero-order valence-electron chi connectivity index (χ0n) is 14.9. The maximum Gasteiger partial charge on any atom is 0.310 e. The highest BCUT2D eigenvalue weighted by atomic mass is 35.5. The van der Waals surface area contributed by atoms with Gasteiger partial charge in [-0.25, -0.2) is 4.98 Å². The third kappa shape index (κ3) is 5.04. The van der Waals surface area contributed by atoms with Crippen LogP contribution < -0.4 is 11.1 Å². The molecule has 0 spiro atoms. The Hall–Kier alpha value is -2.00. The van der Waals surface area contributed by atoms with E-state index in [-0.39, 0.29) is 30.7 Å². The number of nitrogens with two attached hydrogens (primary N) is 1. The van der Waals surface area contributed by atoms with E-state index in [4.69, 9.17) is 15.2 Å². The maximum atomic E-state index is 12.6. The van der Waals surface area contributed by atoms with Gasteiger partial charge in [-0.05, 0) is 12.8 Å². The monoisotopic (exact) mass is 411 g/mol. The number of carbonyl (C=O) groups is 2. The molecule has 1 aliphatic rings. The molecule has 1 aromatic carbocycles. The summed E-state index contributed by atoms with van der Waals surface area (Å²) in [5.41, 5.74) is 6.79. The predicted octanol–water partition coefficient (Wildman–Crippen LogP) is 2.39. The number of nitrogens with one attached hydrogen (secondary N) is 1. The number of methoxy groups -OCH3 is 1. The van der Waals surface area contributed by atoms with E-state index in [1.165, 1.54) is 18.4 Å². The van der Waals surface area contributed by atoms with Crippen LogP contribution in [0.1, 0.15) is 17.7 Å². The van der Waals surface area contributed by atoms with Crippen molar-refractivity contribution in [2.45, 2.75) is 24.8 Å². The fourth-order valence-electron chi connectivity index (χ4n) is 2.73. The van der Waals surface area contributed by atoms with E-state index in [0.29, 0.717) is 36.9 Å².